The molecule has 0 spiro atoms. The van der Waals surface area contributed by atoms with Gasteiger partial charge < -0.3 is 14.4 Å². The highest BCUT2D eigenvalue weighted by molar-refractivity contribution is 7.10. The van der Waals surface area contributed by atoms with Crippen molar-refractivity contribution in [3.8, 4) is 11.5 Å². The Morgan fingerprint density at radius 2 is 1.85 bits per heavy atom. The predicted molar refractivity (Wildman–Crippen MR) is 109 cm³/mol. The van der Waals surface area contributed by atoms with E-state index in [2.05, 4.69) is 22.9 Å². The van der Waals surface area contributed by atoms with E-state index in [1.54, 1.807) is 22.7 Å². The number of nitrogens with zero attached hydrogens (tertiary/aromatic N) is 1. The molecule has 1 aliphatic heterocycles. The van der Waals surface area contributed by atoms with Gasteiger partial charge in [0.25, 0.3) is 5.91 Å². The van der Waals surface area contributed by atoms with Crippen LogP contribution in [0.25, 0.3) is 0 Å². The van der Waals surface area contributed by atoms with E-state index in [4.69, 9.17) is 9.47 Å². The second-order valence-corrected chi connectivity index (χ2v) is 8.23. The highest BCUT2D eigenvalue weighted by Crippen LogP contribution is 2.39. The average Bonchev–Trinajstić information content (AvgIpc) is 3.38. The molecule has 0 saturated heterocycles. The van der Waals surface area contributed by atoms with Crippen molar-refractivity contribution in [1.82, 2.24) is 4.90 Å². The van der Waals surface area contributed by atoms with Gasteiger partial charge in [-0.15, -0.1) is 22.7 Å². The molecule has 3 heterocycles. The van der Waals surface area contributed by atoms with Gasteiger partial charge in [0.15, 0.2) is 6.61 Å². The van der Waals surface area contributed by atoms with Crippen molar-refractivity contribution < 1.29 is 14.3 Å². The van der Waals surface area contributed by atoms with Gasteiger partial charge in [-0.2, -0.15) is 0 Å². The topological polar surface area (TPSA) is 38.8 Å². The van der Waals surface area contributed by atoms with Crippen molar-refractivity contribution in [2.45, 2.75) is 19.4 Å². The molecule has 0 saturated carbocycles. The SMILES string of the molecule is CCOc1ccc(OCC(=O)N2CCc3sccc3[C@@H]2c2cccs2)cc1. The van der Waals surface area contributed by atoms with Crippen LogP contribution in [0.1, 0.15) is 28.3 Å². The molecule has 140 valence electrons. The Morgan fingerprint density at radius 3 is 2.56 bits per heavy atom. The molecule has 4 rings (SSSR count). The zero-order valence-electron chi connectivity index (χ0n) is 15.1. The molecule has 4 nitrogen and oxygen atoms in total. The lowest BCUT2D eigenvalue weighted by molar-refractivity contribution is -0.135. The lowest BCUT2D eigenvalue weighted by Crippen LogP contribution is -2.42. The minimum atomic E-state index is -0.00331. The van der Waals surface area contributed by atoms with Gasteiger partial charge in [-0.3, -0.25) is 4.79 Å². The highest BCUT2D eigenvalue weighted by atomic mass is 32.1. The fourth-order valence-electron chi connectivity index (χ4n) is 3.37. The van der Waals surface area contributed by atoms with E-state index in [0.717, 1.165) is 18.7 Å². The summed E-state index contributed by atoms with van der Waals surface area (Å²) in [5.74, 6) is 1.49. The van der Waals surface area contributed by atoms with Crippen LogP contribution in [0.2, 0.25) is 0 Å². The number of hydrogen-bond acceptors (Lipinski definition) is 5. The summed E-state index contributed by atoms with van der Waals surface area (Å²) in [6, 6.07) is 13.7. The number of thiophene rings is 2. The van der Waals surface area contributed by atoms with E-state index >= 15 is 0 Å². The molecule has 0 fully saturated rings. The first kappa shape index (κ1) is 18.1. The first-order valence-electron chi connectivity index (χ1n) is 9.01. The zero-order chi connectivity index (χ0) is 18.6. The quantitative estimate of drug-likeness (QED) is 0.600. The summed E-state index contributed by atoms with van der Waals surface area (Å²) in [6.07, 6.45) is 0.906. The number of ether oxygens (including phenoxy) is 2. The maximum absolute atomic E-state index is 13.0. The maximum Gasteiger partial charge on any atom is 0.261 e. The van der Waals surface area contributed by atoms with Crippen LogP contribution >= 0.6 is 22.7 Å². The Kier molecular flexibility index (Phi) is 5.45. The number of amides is 1. The molecule has 1 aliphatic rings. The summed E-state index contributed by atoms with van der Waals surface area (Å²) in [5.41, 5.74) is 1.25. The van der Waals surface area contributed by atoms with E-state index in [-0.39, 0.29) is 18.6 Å². The van der Waals surface area contributed by atoms with Crippen molar-refractivity contribution in [3.05, 3.63) is 68.5 Å². The van der Waals surface area contributed by atoms with Crippen LogP contribution in [0.3, 0.4) is 0 Å². The molecule has 1 amide bonds. The largest absolute Gasteiger partial charge is 0.494 e. The van der Waals surface area contributed by atoms with Crippen LogP contribution in [0, 0.1) is 0 Å². The lowest BCUT2D eigenvalue weighted by atomic mass is 9.98. The maximum atomic E-state index is 13.0. The minimum Gasteiger partial charge on any atom is -0.494 e. The number of fused-ring (bicyclic) bond motifs is 1. The molecule has 27 heavy (non-hydrogen) atoms. The summed E-state index contributed by atoms with van der Waals surface area (Å²) in [7, 11) is 0. The van der Waals surface area contributed by atoms with E-state index in [0.29, 0.717) is 12.4 Å². The Hall–Kier alpha value is -2.31. The molecule has 6 heteroatoms. The average molecular weight is 400 g/mol. The second-order valence-electron chi connectivity index (χ2n) is 6.25. The van der Waals surface area contributed by atoms with Crippen LogP contribution in [-0.4, -0.2) is 30.6 Å². The van der Waals surface area contributed by atoms with Crippen LogP contribution in [-0.2, 0) is 11.2 Å². The van der Waals surface area contributed by atoms with Crippen LogP contribution in [0.5, 0.6) is 11.5 Å². The van der Waals surface area contributed by atoms with Gasteiger partial charge in [-0.25, -0.2) is 0 Å². The van der Waals surface area contributed by atoms with Gasteiger partial charge >= 0.3 is 0 Å². The van der Waals surface area contributed by atoms with Gasteiger partial charge in [0.1, 0.15) is 11.5 Å². The third kappa shape index (κ3) is 3.87. The number of carbonyl (C=O) groups is 1. The molecule has 1 atom stereocenters. The van der Waals surface area contributed by atoms with E-state index in [9.17, 15) is 4.79 Å². The molecule has 0 unspecified atom stereocenters. The van der Waals surface area contributed by atoms with Crippen LogP contribution in [0.15, 0.2) is 53.2 Å². The van der Waals surface area contributed by atoms with E-state index in [1.165, 1.54) is 15.3 Å². The van der Waals surface area contributed by atoms with Crippen molar-refractivity contribution in [3.63, 3.8) is 0 Å². The molecule has 0 aliphatic carbocycles. The number of rotatable bonds is 6. The van der Waals surface area contributed by atoms with Crippen LogP contribution in [0.4, 0.5) is 0 Å². The molecular formula is C21H21NO3S2. The van der Waals surface area contributed by atoms with Gasteiger partial charge in [0.2, 0.25) is 0 Å². The molecule has 0 N–H and O–H groups in total. The molecule has 3 aromatic rings. The Morgan fingerprint density at radius 1 is 1.07 bits per heavy atom. The van der Waals surface area contributed by atoms with E-state index in [1.807, 2.05) is 42.2 Å². The van der Waals surface area contributed by atoms with Crippen LogP contribution < -0.4 is 9.47 Å². The fourth-order valence-corrected chi connectivity index (χ4v) is 5.12. The first-order chi connectivity index (χ1) is 13.3. The summed E-state index contributed by atoms with van der Waals surface area (Å²) in [6.45, 7) is 3.34. The van der Waals surface area contributed by atoms with Crippen molar-refractivity contribution in [1.29, 1.82) is 0 Å². The fraction of sp³-hybridized carbons (Fsp3) is 0.286. The number of benzene rings is 1. The minimum absolute atomic E-state index is 0.00331. The molecule has 2 aromatic heterocycles. The van der Waals surface area contributed by atoms with Gasteiger partial charge in [-0.1, -0.05) is 6.07 Å². The number of carbonyl (C=O) groups excluding carboxylic acids is 1. The predicted octanol–water partition coefficient (Wildman–Crippen LogP) is 4.76. The molecule has 0 radical (unpaired) electrons. The summed E-state index contributed by atoms with van der Waals surface area (Å²) in [5, 5.41) is 4.19. The van der Waals surface area contributed by atoms with Crippen molar-refractivity contribution in [2.24, 2.45) is 0 Å². The first-order valence-corrected chi connectivity index (χ1v) is 10.8. The smallest absolute Gasteiger partial charge is 0.261 e. The van der Waals surface area contributed by atoms with Gasteiger partial charge in [-0.05, 0) is 66.1 Å². The highest BCUT2D eigenvalue weighted by Gasteiger charge is 2.33. The zero-order valence-corrected chi connectivity index (χ0v) is 16.7. The Labute approximate surface area is 167 Å². The number of hydrogen-bond donors (Lipinski definition) is 0. The van der Waals surface area contributed by atoms with Gasteiger partial charge in [0.05, 0.1) is 12.6 Å². The Balaban J connectivity index is 1.47. The normalized spacial score (nSPS) is 16.0. The molecular weight excluding hydrogens is 378 g/mol. The lowest BCUT2D eigenvalue weighted by Gasteiger charge is -2.35. The standard InChI is InChI=1S/C21H21NO3S2/c1-2-24-15-5-7-16(8-6-15)25-14-20(23)22-11-9-18-17(10-13-27-18)21(22)19-4-3-12-26-19/h3-8,10,12-13,21H,2,9,11,14H2,1H3/t21-/m1/s1. The molecule has 0 bridgehead atoms. The summed E-state index contributed by atoms with van der Waals surface area (Å²) in [4.78, 5) is 17.5. The summed E-state index contributed by atoms with van der Waals surface area (Å²) < 4.78 is 11.2. The van der Waals surface area contributed by atoms with Crippen molar-refractivity contribution in [2.75, 3.05) is 19.8 Å². The van der Waals surface area contributed by atoms with Gasteiger partial charge in [0, 0.05) is 16.3 Å². The summed E-state index contributed by atoms with van der Waals surface area (Å²) >= 11 is 3.47. The third-order valence-corrected chi connectivity index (χ3v) is 6.52. The van der Waals surface area contributed by atoms with E-state index < -0.39 is 0 Å². The third-order valence-electron chi connectivity index (χ3n) is 4.60. The second kappa shape index (κ2) is 8.15. The molecule has 1 aromatic carbocycles. The van der Waals surface area contributed by atoms with Crippen molar-refractivity contribution >= 4 is 28.6 Å². The monoisotopic (exact) mass is 399 g/mol. The Bertz CT molecular complexity index is 887.